The number of morpholine rings is 1. The van der Waals surface area contributed by atoms with Crippen molar-refractivity contribution in [1.82, 2.24) is 20.2 Å². The van der Waals surface area contributed by atoms with Crippen LogP contribution in [0.5, 0.6) is 0 Å². The molecule has 0 unspecified atom stereocenters. The molecule has 3 rings (SSSR count). The van der Waals surface area contributed by atoms with E-state index < -0.39 is 0 Å². The molecule has 0 spiro atoms. The normalized spacial score (nSPS) is 18.1. The zero-order chi connectivity index (χ0) is 17.6. The van der Waals surface area contributed by atoms with E-state index >= 15 is 0 Å². The summed E-state index contributed by atoms with van der Waals surface area (Å²) in [4.78, 5) is 23.0. The van der Waals surface area contributed by atoms with E-state index in [4.69, 9.17) is 4.74 Å². The van der Waals surface area contributed by atoms with E-state index in [-0.39, 0.29) is 24.2 Å². The van der Waals surface area contributed by atoms with Crippen LogP contribution in [-0.2, 0) is 22.5 Å². The molecule has 1 amide bonds. The van der Waals surface area contributed by atoms with Crippen molar-refractivity contribution in [2.24, 2.45) is 0 Å². The van der Waals surface area contributed by atoms with Crippen LogP contribution in [0.25, 0.3) is 0 Å². The number of nitrogens with one attached hydrogen (secondary N) is 1. The minimum atomic E-state index is -0.344. The van der Waals surface area contributed by atoms with Crippen LogP contribution < -0.4 is 5.32 Å². The highest BCUT2D eigenvalue weighted by Gasteiger charge is 2.22. The molecule has 1 atom stereocenters. The van der Waals surface area contributed by atoms with Crippen LogP contribution in [0.4, 0.5) is 4.39 Å². The molecule has 2 aromatic rings. The van der Waals surface area contributed by atoms with E-state index in [0.717, 1.165) is 18.8 Å². The molecule has 1 saturated heterocycles. The highest BCUT2D eigenvalue weighted by Crippen LogP contribution is 2.17. The Kier molecular flexibility index (Phi) is 5.67. The largest absolute Gasteiger partial charge is 0.368 e. The Labute approximate surface area is 146 Å². The number of amides is 1. The fourth-order valence-electron chi connectivity index (χ4n) is 2.68. The Morgan fingerprint density at radius 1 is 1.44 bits per heavy atom. The Balaban J connectivity index is 1.56. The van der Waals surface area contributed by atoms with E-state index in [1.54, 1.807) is 24.4 Å². The second-order valence-electron chi connectivity index (χ2n) is 6.11. The van der Waals surface area contributed by atoms with Crippen LogP contribution in [0.2, 0.25) is 0 Å². The Bertz CT molecular complexity index is 741. The molecule has 1 aromatic carbocycles. The van der Waals surface area contributed by atoms with Gasteiger partial charge >= 0.3 is 0 Å². The SMILES string of the molecule is CN1CCO[C@H](c2nccc(CNC(=O)Cc3cccc(F)c3)n2)C1. The lowest BCUT2D eigenvalue weighted by molar-refractivity contribution is -0.120. The fraction of sp³-hybridized carbons (Fsp3) is 0.389. The van der Waals surface area contributed by atoms with Gasteiger partial charge in [-0.2, -0.15) is 0 Å². The number of hydrogen-bond donors (Lipinski definition) is 1. The molecular weight excluding hydrogens is 323 g/mol. The Morgan fingerprint density at radius 3 is 3.12 bits per heavy atom. The number of hydrogen-bond acceptors (Lipinski definition) is 5. The van der Waals surface area contributed by atoms with Gasteiger partial charge in [-0.1, -0.05) is 12.1 Å². The fourth-order valence-corrected chi connectivity index (χ4v) is 2.68. The molecule has 0 aliphatic carbocycles. The van der Waals surface area contributed by atoms with Crippen LogP contribution in [0.3, 0.4) is 0 Å². The van der Waals surface area contributed by atoms with Gasteiger partial charge in [0.05, 0.1) is 25.3 Å². The molecular formula is C18H21FN4O2. The number of nitrogens with zero attached hydrogens (tertiary/aromatic N) is 3. The number of rotatable bonds is 5. The zero-order valence-electron chi connectivity index (χ0n) is 14.1. The van der Waals surface area contributed by atoms with E-state index in [0.29, 0.717) is 24.5 Å². The van der Waals surface area contributed by atoms with Crippen LogP contribution >= 0.6 is 0 Å². The molecule has 132 valence electrons. The standard InChI is InChI=1S/C18H21FN4O2/c1-23-7-8-25-16(12-23)18-20-6-5-15(22-18)11-21-17(24)10-13-3-2-4-14(19)9-13/h2-6,9,16H,7-8,10-12H2,1H3,(H,21,24)/t16-/m0/s1. The van der Waals surface area contributed by atoms with E-state index in [1.807, 2.05) is 7.05 Å². The molecule has 0 radical (unpaired) electrons. The molecule has 7 heteroatoms. The van der Waals surface area contributed by atoms with Gasteiger partial charge in [-0.05, 0) is 30.8 Å². The van der Waals surface area contributed by atoms with Crippen LogP contribution in [0.15, 0.2) is 36.5 Å². The van der Waals surface area contributed by atoms with Gasteiger partial charge in [0.2, 0.25) is 5.91 Å². The molecule has 6 nitrogen and oxygen atoms in total. The molecule has 1 fully saturated rings. The van der Waals surface area contributed by atoms with Crippen LogP contribution in [-0.4, -0.2) is 47.5 Å². The second kappa shape index (κ2) is 8.13. The van der Waals surface area contributed by atoms with Crippen molar-refractivity contribution in [2.75, 3.05) is 26.7 Å². The van der Waals surface area contributed by atoms with Crippen molar-refractivity contribution in [3.05, 3.63) is 59.4 Å². The summed E-state index contributed by atoms with van der Waals surface area (Å²) in [6, 6.07) is 7.80. The number of aromatic nitrogens is 2. The number of likely N-dealkylation sites (N-methyl/N-ethyl adjacent to an activating group) is 1. The summed E-state index contributed by atoms with van der Waals surface area (Å²) in [6.45, 7) is 2.59. The van der Waals surface area contributed by atoms with Crippen molar-refractivity contribution in [1.29, 1.82) is 0 Å². The monoisotopic (exact) mass is 344 g/mol. The predicted molar refractivity (Wildman–Crippen MR) is 90.2 cm³/mol. The number of carbonyl (C=O) groups excluding carboxylic acids is 1. The lowest BCUT2D eigenvalue weighted by atomic mass is 10.1. The van der Waals surface area contributed by atoms with Gasteiger partial charge in [0.25, 0.3) is 0 Å². The van der Waals surface area contributed by atoms with E-state index in [9.17, 15) is 9.18 Å². The van der Waals surface area contributed by atoms with E-state index in [1.165, 1.54) is 12.1 Å². The quantitative estimate of drug-likeness (QED) is 0.890. The summed E-state index contributed by atoms with van der Waals surface area (Å²) in [6.07, 6.45) is 1.65. The van der Waals surface area contributed by atoms with Crippen molar-refractivity contribution in [3.63, 3.8) is 0 Å². The lowest BCUT2D eigenvalue weighted by Gasteiger charge is -2.29. The summed E-state index contributed by atoms with van der Waals surface area (Å²) in [5.74, 6) is 0.103. The first-order valence-electron chi connectivity index (χ1n) is 8.23. The van der Waals surface area contributed by atoms with Gasteiger partial charge in [-0.15, -0.1) is 0 Å². The van der Waals surface area contributed by atoms with Crippen molar-refractivity contribution in [2.45, 2.75) is 19.1 Å². The first-order chi connectivity index (χ1) is 12.1. The third-order valence-corrected chi connectivity index (χ3v) is 4.01. The van der Waals surface area contributed by atoms with Gasteiger partial charge < -0.3 is 15.0 Å². The zero-order valence-corrected chi connectivity index (χ0v) is 14.1. The van der Waals surface area contributed by atoms with Crippen LogP contribution in [0, 0.1) is 5.82 Å². The molecule has 1 N–H and O–H groups in total. The van der Waals surface area contributed by atoms with Gasteiger partial charge in [0.1, 0.15) is 11.9 Å². The maximum Gasteiger partial charge on any atom is 0.224 e. The Hall–Kier alpha value is -2.38. The van der Waals surface area contributed by atoms with Gasteiger partial charge in [0.15, 0.2) is 5.82 Å². The first-order valence-corrected chi connectivity index (χ1v) is 8.23. The maximum atomic E-state index is 13.2. The van der Waals surface area contributed by atoms with Gasteiger partial charge in [-0.25, -0.2) is 14.4 Å². The summed E-state index contributed by atoms with van der Waals surface area (Å²) >= 11 is 0. The van der Waals surface area contributed by atoms with Crippen LogP contribution in [0.1, 0.15) is 23.2 Å². The molecule has 1 aliphatic heterocycles. The number of halogens is 1. The summed E-state index contributed by atoms with van der Waals surface area (Å²) < 4.78 is 18.9. The first kappa shape index (κ1) is 17.4. The molecule has 2 heterocycles. The second-order valence-corrected chi connectivity index (χ2v) is 6.11. The average Bonchev–Trinajstić information content (AvgIpc) is 2.60. The third kappa shape index (κ3) is 5.04. The van der Waals surface area contributed by atoms with E-state index in [2.05, 4.69) is 20.2 Å². The Morgan fingerprint density at radius 2 is 2.32 bits per heavy atom. The van der Waals surface area contributed by atoms with Crippen molar-refractivity contribution >= 4 is 5.91 Å². The molecule has 1 aliphatic rings. The summed E-state index contributed by atoms with van der Waals surface area (Å²) in [5, 5.41) is 2.80. The van der Waals surface area contributed by atoms with Crippen molar-refractivity contribution < 1.29 is 13.9 Å². The molecule has 1 aromatic heterocycles. The smallest absolute Gasteiger partial charge is 0.224 e. The van der Waals surface area contributed by atoms with Crippen molar-refractivity contribution in [3.8, 4) is 0 Å². The maximum absolute atomic E-state index is 13.2. The average molecular weight is 344 g/mol. The molecule has 0 saturated carbocycles. The number of benzene rings is 1. The number of carbonyl (C=O) groups is 1. The highest BCUT2D eigenvalue weighted by molar-refractivity contribution is 5.78. The topological polar surface area (TPSA) is 67.3 Å². The van der Waals surface area contributed by atoms with Gasteiger partial charge in [-0.3, -0.25) is 4.79 Å². The number of ether oxygens (including phenoxy) is 1. The predicted octanol–water partition coefficient (Wildman–Crippen LogP) is 1.48. The molecule has 0 bridgehead atoms. The minimum absolute atomic E-state index is 0.131. The minimum Gasteiger partial charge on any atom is -0.368 e. The van der Waals surface area contributed by atoms with Gasteiger partial charge in [0, 0.05) is 19.3 Å². The highest BCUT2D eigenvalue weighted by atomic mass is 19.1. The summed E-state index contributed by atoms with van der Waals surface area (Å²) in [5.41, 5.74) is 1.36. The summed E-state index contributed by atoms with van der Waals surface area (Å²) in [7, 11) is 2.03. The third-order valence-electron chi connectivity index (χ3n) is 4.01. The lowest BCUT2D eigenvalue weighted by Crippen LogP contribution is -2.36. The molecule has 25 heavy (non-hydrogen) atoms.